The van der Waals surface area contributed by atoms with Crippen LogP contribution in [0.5, 0.6) is 0 Å². The van der Waals surface area contributed by atoms with E-state index in [0.29, 0.717) is 19.3 Å². The first kappa shape index (κ1) is 19.2. The average Bonchev–Trinajstić information content (AvgIpc) is 2.46. The zero-order valence-electron chi connectivity index (χ0n) is 12.6. The maximum Gasteiger partial charge on any atom is 0.191 e. The Morgan fingerprint density at radius 2 is 2.00 bits per heavy atom. The SMILES string of the molecule is CCC(C)NC(=NC)NCCOCc1ccccc1.I. The van der Waals surface area contributed by atoms with Crippen LogP contribution in [0.1, 0.15) is 25.8 Å². The van der Waals surface area contributed by atoms with Crippen molar-refractivity contribution in [2.75, 3.05) is 20.2 Å². The van der Waals surface area contributed by atoms with Gasteiger partial charge in [0.2, 0.25) is 0 Å². The predicted molar refractivity (Wildman–Crippen MR) is 95.8 cm³/mol. The number of benzene rings is 1. The van der Waals surface area contributed by atoms with Crippen molar-refractivity contribution >= 4 is 29.9 Å². The molecule has 0 saturated heterocycles. The van der Waals surface area contributed by atoms with E-state index >= 15 is 0 Å². The molecule has 20 heavy (non-hydrogen) atoms. The van der Waals surface area contributed by atoms with E-state index < -0.39 is 0 Å². The summed E-state index contributed by atoms with van der Waals surface area (Å²) in [5, 5.41) is 6.54. The van der Waals surface area contributed by atoms with Crippen LogP contribution in [0.4, 0.5) is 0 Å². The van der Waals surface area contributed by atoms with E-state index in [1.165, 1.54) is 5.56 Å². The van der Waals surface area contributed by atoms with Crippen LogP contribution in [0, 0.1) is 0 Å². The molecule has 0 heterocycles. The molecule has 0 aliphatic rings. The number of aliphatic imine (C=N–C) groups is 1. The Hall–Kier alpha value is -0.820. The number of rotatable bonds is 7. The molecule has 0 amide bonds. The molecule has 1 unspecified atom stereocenters. The quantitative estimate of drug-likeness (QED) is 0.325. The van der Waals surface area contributed by atoms with Crippen LogP contribution < -0.4 is 10.6 Å². The van der Waals surface area contributed by atoms with Gasteiger partial charge in [-0.15, -0.1) is 24.0 Å². The lowest BCUT2D eigenvalue weighted by molar-refractivity contribution is 0.125. The lowest BCUT2D eigenvalue weighted by Gasteiger charge is -2.16. The molecule has 1 rings (SSSR count). The van der Waals surface area contributed by atoms with Crippen molar-refractivity contribution in [1.29, 1.82) is 0 Å². The number of hydrogen-bond donors (Lipinski definition) is 2. The zero-order chi connectivity index (χ0) is 13.9. The van der Waals surface area contributed by atoms with E-state index in [1.54, 1.807) is 7.05 Å². The lowest BCUT2D eigenvalue weighted by atomic mass is 10.2. The zero-order valence-corrected chi connectivity index (χ0v) is 14.9. The maximum atomic E-state index is 5.60. The highest BCUT2D eigenvalue weighted by Crippen LogP contribution is 1.99. The largest absolute Gasteiger partial charge is 0.375 e. The fourth-order valence-corrected chi connectivity index (χ4v) is 1.54. The minimum Gasteiger partial charge on any atom is -0.375 e. The van der Waals surface area contributed by atoms with Gasteiger partial charge in [0.05, 0.1) is 13.2 Å². The van der Waals surface area contributed by atoms with Gasteiger partial charge in [-0.05, 0) is 18.9 Å². The van der Waals surface area contributed by atoms with E-state index in [0.717, 1.165) is 18.9 Å². The normalized spacial score (nSPS) is 12.4. The Balaban J connectivity index is 0.00000361. The third-order valence-corrected chi connectivity index (χ3v) is 2.87. The number of nitrogens with one attached hydrogen (secondary N) is 2. The van der Waals surface area contributed by atoms with Gasteiger partial charge in [-0.3, -0.25) is 4.99 Å². The summed E-state index contributed by atoms with van der Waals surface area (Å²) < 4.78 is 5.60. The molecule has 0 aliphatic heterocycles. The van der Waals surface area contributed by atoms with Crippen molar-refractivity contribution in [1.82, 2.24) is 10.6 Å². The molecule has 114 valence electrons. The highest BCUT2D eigenvalue weighted by atomic mass is 127. The molecule has 1 aromatic rings. The van der Waals surface area contributed by atoms with E-state index in [2.05, 4.69) is 41.6 Å². The molecule has 0 spiro atoms. The first-order chi connectivity index (χ1) is 9.26. The van der Waals surface area contributed by atoms with Gasteiger partial charge in [0.1, 0.15) is 0 Å². The second kappa shape index (κ2) is 12.0. The molecule has 0 fully saturated rings. The summed E-state index contributed by atoms with van der Waals surface area (Å²) in [6.45, 7) is 6.35. The monoisotopic (exact) mass is 391 g/mol. The fraction of sp³-hybridized carbons (Fsp3) is 0.533. The maximum absolute atomic E-state index is 5.60. The minimum absolute atomic E-state index is 0. The topological polar surface area (TPSA) is 45.7 Å². The highest BCUT2D eigenvalue weighted by molar-refractivity contribution is 14.0. The molecule has 0 aliphatic carbocycles. The minimum atomic E-state index is 0. The third kappa shape index (κ3) is 8.37. The average molecular weight is 391 g/mol. The van der Waals surface area contributed by atoms with Crippen molar-refractivity contribution in [2.24, 2.45) is 4.99 Å². The number of ether oxygens (including phenoxy) is 1. The molecule has 1 aromatic carbocycles. The smallest absolute Gasteiger partial charge is 0.191 e. The van der Waals surface area contributed by atoms with E-state index in [9.17, 15) is 0 Å². The summed E-state index contributed by atoms with van der Waals surface area (Å²) in [4.78, 5) is 4.17. The first-order valence-corrected chi connectivity index (χ1v) is 6.85. The lowest BCUT2D eigenvalue weighted by Crippen LogP contribution is -2.43. The fourth-order valence-electron chi connectivity index (χ4n) is 1.54. The van der Waals surface area contributed by atoms with Crippen LogP contribution in [0.2, 0.25) is 0 Å². The summed E-state index contributed by atoms with van der Waals surface area (Å²) in [6, 6.07) is 10.6. The molecule has 2 N–H and O–H groups in total. The summed E-state index contributed by atoms with van der Waals surface area (Å²) in [5.74, 6) is 0.831. The van der Waals surface area contributed by atoms with Gasteiger partial charge >= 0.3 is 0 Å². The first-order valence-electron chi connectivity index (χ1n) is 6.85. The molecule has 0 bridgehead atoms. The Labute approximate surface area is 139 Å². The molecular weight excluding hydrogens is 365 g/mol. The number of nitrogens with zero attached hydrogens (tertiary/aromatic N) is 1. The van der Waals surface area contributed by atoms with Crippen LogP contribution in [0.25, 0.3) is 0 Å². The van der Waals surface area contributed by atoms with E-state index in [4.69, 9.17) is 4.74 Å². The molecule has 5 heteroatoms. The van der Waals surface area contributed by atoms with Crippen LogP contribution in [0.15, 0.2) is 35.3 Å². The summed E-state index contributed by atoms with van der Waals surface area (Å²) in [7, 11) is 1.78. The van der Waals surface area contributed by atoms with Crippen molar-refractivity contribution < 1.29 is 4.74 Å². The number of halogens is 1. The Bertz CT molecular complexity index is 371. The Morgan fingerprint density at radius 1 is 1.30 bits per heavy atom. The van der Waals surface area contributed by atoms with Gasteiger partial charge in [-0.25, -0.2) is 0 Å². The van der Waals surface area contributed by atoms with Gasteiger partial charge in [0.15, 0.2) is 5.96 Å². The number of hydrogen-bond acceptors (Lipinski definition) is 2. The molecule has 0 radical (unpaired) electrons. The summed E-state index contributed by atoms with van der Waals surface area (Å²) in [5.41, 5.74) is 1.20. The van der Waals surface area contributed by atoms with Crippen LogP contribution in [-0.2, 0) is 11.3 Å². The third-order valence-electron chi connectivity index (χ3n) is 2.87. The van der Waals surface area contributed by atoms with Crippen molar-refractivity contribution in [3.8, 4) is 0 Å². The molecule has 4 nitrogen and oxygen atoms in total. The van der Waals surface area contributed by atoms with Crippen LogP contribution in [-0.4, -0.2) is 32.2 Å². The Morgan fingerprint density at radius 3 is 2.60 bits per heavy atom. The second-order valence-corrected chi connectivity index (χ2v) is 4.49. The second-order valence-electron chi connectivity index (χ2n) is 4.49. The predicted octanol–water partition coefficient (Wildman–Crippen LogP) is 2.78. The van der Waals surface area contributed by atoms with E-state index in [-0.39, 0.29) is 24.0 Å². The standard InChI is InChI=1S/C15H25N3O.HI/c1-4-13(2)18-15(16-3)17-10-11-19-12-14-8-6-5-7-9-14;/h5-9,13H,4,10-12H2,1-3H3,(H2,16,17,18);1H. The molecule has 1 atom stereocenters. The molecule has 0 aromatic heterocycles. The Kier molecular flexibility index (Phi) is 11.5. The van der Waals surface area contributed by atoms with Crippen molar-refractivity contribution in [3.05, 3.63) is 35.9 Å². The summed E-state index contributed by atoms with van der Waals surface area (Å²) in [6.07, 6.45) is 1.07. The number of guanidine groups is 1. The van der Waals surface area contributed by atoms with Gasteiger partial charge in [0, 0.05) is 19.6 Å². The molecular formula is C15H26IN3O. The van der Waals surface area contributed by atoms with Gasteiger partial charge < -0.3 is 15.4 Å². The van der Waals surface area contributed by atoms with Gasteiger partial charge in [-0.1, -0.05) is 37.3 Å². The van der Waals surface area contributed by atoms with E-state index in [1.807, 2.05) is 18.2 Å². The van der Waals surface area contributed by atoms with Crippen LogP contribution >= 0.6 is 24.0 Å². The van der Waals surface area contributed by atoms with Crippen LogP contribution in [0.3, 0.4) is 0 Å². The molecule has 0 saturated carbocycles. The summed E-state index contributed by atoms with van der Waals surface area (Å²) >= 11 is 0. The van der Waals surface area contributed by atoms with Crippen molar-refractivity contribution in [2.45, 2.75) is 32.9 Å². The van der Waals surface area contributed by atoms with Gasteiger partial charge in [-0.2, -0.15) is 0 Å². The van der Waals surface area contributed by atoms with Crippen molar-refractivity contribution in [3.63, 3.8) is 0 Å². The van der Waals surface area contributed by atoms with Gasteiger partial charge in [0.25, 0.3) is 0 Å². The highest BCUT2D eigenvalue weighted by Gasteiger charge is 2.01.